The Hall–Kier alpha value is 0.449. The Balaban J connectivity index is 0. The molecule has 1 unspecified atom stereocenters. The summed E-state index contributed by atoms with van der Waals surface area (Å²) in [5, 5.41) is 8.09. The van der Waals surface area contributed by atoms with Gasteiger partial charge in [-0.05, 0) is 0 Å². The summed E-state index contributed by atoms with van der Waals surface area (Å²) in [5.74, 6) is 0. The van der Waals surface area contributed by atoms with Gasteiger partial charge in [-0.25, -0.2) is 0 Å². The van der Waals surface area contributed by atoms with E-state index in [0.717, 1.165) is 0 Å². The zero-order valence-corrected chi connectivity index (χ0v) is 8.05. The van der Waals surface area contributed by atoms with Crippen molar-refractivity contribution in [1.29, 1.82) is 5.26 Å². The minimum atomic E-state index is 0. The molecule has 0 spiro atoms. The maximum atomic E-state index is 8.09. The van der Waals surface area contributed by atoms with E-state index in [1.165, 1.54) is 0 Å². The van der Waals surface area contributed by atoms with Crippen molar-refractivity contribution in [3.63, 3.8) is 0 Å². The van der Waals surface area contributed by atoms with Crippen LogP contribution in [-0.2, 0) is 0 Å². The van der Waals surface area contributed by atoms with Crippen molar-refractivity contribution in [2.24, 2.45) is 5.73 Å². The Morgan fingerprint density at radius 2 is 2.38 bits per heavy atom. The molecule has 0 fully saturated rings. The second-order valence-corrected chi connectivity index (χ2v) is 3.82. The first-order valence-corrected chi connectivity index (χ1v) is 3.90. The van der Waals surface area contributed by atoms with Crippen LogP contribution < -0.4 is 5.73 Å². The van der Waals surface area contributed by atoms with Crippen LogP contribution in [0.4, 0.5) is 0 Å². The van der Waals surface area contributed by atoms with Crippen molar-refractivity contribution >= 4 is 31.9 Å². The quantitative estimate of drug-likeness (QED) is 0.719. The van der Waals surface area contributed by atoms with E-state index < -0.39 is 0 Å². The van der Waals surface area contributed by atoms with Crippen LogP contribution in [0.3, 0.4) is 0 Å². The number of nitriles is 1. The normalized spacial score (nSPS) is 11.1. The summed E-state index contributed by atoms with van der Waals surface area (Å²) in [6, 6.07) is 0. The third kappa shape index (κ3) is 6.45. The second-order valence-electron chi connectivity index (χ2n) is 1.26. The van der Waals surface area contributed by atoms with Gasteiger partial charge in [-0.2, -0.15) is 0 Å². The molecule has 0 aromatic carbocycles. The summed E-state index contributed by atoms with van der Waals surface area (Å²) in [7, 11) is 0. The first-order valence-electron chi connectivity index (χ1n) is 2.06. The van der Waals surface area contributed by atoms with Gasteiger partial charge in [0.2, 0.25) is 0 Å². The standard InChI is InChI=1S/C4H8N2Se.BrH/c1-4(2-5)7-3-6;/h4H,2,5H2,1H3;1H. The first kappa shape index (κ1) is 11.3. The molecule has 0 heterocycles. The van der Waals surface area contributed by atoms with Crippen LogP contribution in [0.5, 0.6) is 0 Å². The van der Waals surface area contributed by atoms with E-state index in [0.29, 0.717) is 11.4 Å². The van der Waals surface area contributed by atoms with Gasteiger partial charge in [0.05, 0.1) is 0 Å². The summed E-state index contributed by atoms with van der Waals surface area (Å²) in [6.45, 7) is 2.64. The number of rotatable bonds is 2. The zero-order chi connectivity index (χ0) is 5.70. The summed E-state index contributed by atoms with van der Waals surface area (Å²) < 4.78 is 0. The van der Waals surface area contributed by atoms with E-state index in [2.05, 4.69) is 4.97 Å². The van der Waals surface area contributed by atoms with E-state index in [9.17, 15) is 0 Å². The van der Waals surface area contributed by atoms with Crippen LogP contribution in [0.2, 0.25) is 4.82 Å². The zero-order valence-electron chi connectivity index (χ0n) is 4.63. The molecule has 2 nitrogen and oxygen atoms in total. The molecule has 48 valence electrons. The number of nitrogens with two attached hydrogens (primary N) is 1. The van der Waals surface area contributed by atoms with Gasteiger partial charge in [0, 0.05) is 0 Å². The average Bonchev–Trinajstić information content (AvgIpc) is 1.68. The molecule has 4 heteroatoms. The molecule has 0 aromatic heterocycles. The molecule has 0 amide bonds. The SMILES string of the molecule is Br.CC(CN)[Se]C#N. The van der Waals surface area contributed by atoms with Gasteiger partial charge in [-0.1, -0.05) is 0 Å². The predicted molar refractivity (Wildman–Crippen MR) is 40.2 cm³/mol. The minimum absolute atomic E-state index is 0. The second kappa shape index (κ2) is 7.45. The molecule has 0 saturated carbocycles. The van der Waals surface area contributed by atoms with E-state index >= 15 is 0 Å². The van der Waals surface area contributed by atoms with Gasteiger partial charge in [0.25, 0.3) is 0 Å². The van der Waals surface area contributed by atoms with Gasteiger partial charge in [-0.3, -0.25) is 0 Å². The third-order valence-corrected chi connectivity index (χ3v) is 2.05. The van der Waals surface area contributed by atoms with Crippen LogP contribution in [0.25, 0.3) is 0 Å². The van der Waals surface area contributed by atoms with Crippen LogP contribution >= 0.6 is 17.0 Å². The Morgan fingerprint density at radius 3 is 2.50 bits per heavy atom. The molecule has 0 aromatic rings. The average molecular weight is 244 g/mol. The monoisotopic (exact) mass is 244 g/mol. The maximum absolute atomic E-state index is 8.09. The summed E-state index contributed by atoms with van der Waals surface area (Å²) >= 11 is 0.106. The predicted octanol–water partition coefficient (Wildman–Crippen LogP) is 0.517. The van der Waals surface area contributed by atoms with E-state index in [4.69, 9.17) is 11.0 Å². The summed E-state index contributed by atoms with van der Waals surface area (Å²) in [5.41, 5.74) is 5.22. The first-order chi connectivity index (χ1) is 3.31. The molecule has 0 bridgehead atoms. The molecule has 0 aliphatic carbocycles. The molecule has 8 heavy (non-hydrogen) atoms. The van der Waals surface area contributed by atoms with Crippen LogP contribution in [0.1, 0.15) is 6.92 Å². The molecule has 0 rings (SSSR count). The molecule has 0 aliphatic rings. The fourth-order valence-corrected chi connectivity index (χ4v) is 0.718. The van der Waals surface area contributed by atoms with Crippen molar-refractivity contribution in [2.45, 2.75) is 11.7 Å². The Kier molecular flexibility index (Phi) is 10.5. The van der Waals surface area contributed by atoms with Gasteiger partial charge in [-0.15, -0.1) is 17.0 Å². The fourth-order valence-electron chi connectivity index (χ4n) is 0.138. The van der Waals surface area contributed by atoms with Crippen molar-refractivity contribution in [2.75, 3.05) is 6.54 Å². The van der Waals surface area contributed by atoms with Crippen LogP contribution in [0, 0.1) is 10.2 Å². The topological polar surface area (TPSA) is 49.8 Å². The number of hydrogen-bond donors (Lipinski definition) is 1. The van der Waals surface area contributed by atoms with Crippen molar-refractivity contribution in [1.82, 2.24) is 0 Å². The molecule has 0 aliphatic heterocycles. The Labute approximate surface area is 66.4 Å². The fraction of sp³-hybridized carbons (Fsp3) is 0.750. The van der Waals surface area contributed by atoms with Crippen LogP contribution in [-0.4, -0.2) is 21.5 Å². The van der Waals surface area contributed by atoms with Crippen molar-refractivity contribution in [3.05, 3.63) is 0 Å². The summed E-state index contributed by atoms with van der Waals surface area (Å²) in [4.78, 5) is 2.53. The third-order valence-electron chi connectivity index (χ3n) is 0.586. The molecule has 1 atom stereocenters. The van der Waals surface area contributed by atoms with Gasteiger partial charge in [0.1, 0.15) is 0 Å². The van der Waals surface area contributed by atoms with Gasteiger partial charge < -0.3 is 0 Å². The molecule has 2 N–H and O–H groups in total. The van der Waals surface area contributed by atoms with E-state index in [1.807, 2.05) is 6.92 Å². The van der Waals surface area contributed by atoms with E-state index in [1.54, 1.807) is 0 Å². The number of halogens is 1. The van der Waals surface area contributed by atoms with Crippen molar-refractivity contribution in [3.8, 4) is 4.97 Å². The van der Waals surface area contributed by atoms with Gasteiger partial charge in [0.15, 0.2) is 0 Å². The number of hydrogen-bond acceptors (Lipinski definition) is 2. The van der Waals surface area contributed by atoms with Crippen molar-refractivity contribution < 1.29 is 0 Å². The van der Waals surface area contributed by atoms with Crippen LogP contribution in [0.15, 0.2) is 0 Å². The molecular weight excluding hydrogens is 235 g/mol. The number of nitrogens with zero attached hydrogens (tertiary/aromatic N) is 1. The Morgan fingerprint density at radius 1 is 1.88 bits per heavy atom. The summed E-state index contributed by atoms with van der Waals surface area (Å²) in [6.07, 6.45) is 0. The molecule has 0 radical (unpaired) electrons. The van der Waals surface area contributed by atoms with E-state index in [-0.39, 0.29) is 31.9 Å². The molecular formula is C4H9BrN2Se. The van der Waals surface area contributed by atoms with Gasteiger partial charge >= 0.3 is 49.2 Å². The molecule has 0 saturated heterocycles. The Bertz CT molecular complexity index is 80.6.